The van der Waals surface area contributed by atoms with Crippen LogP contribution in [0.1, 0.15) is 24.0 Å². The molecule has 0 saturated carbocycles. The van der Waals surface area contributed by atoms with Crippen LogP contribution in [0, 0.1) is 13.8 Å². The summed E-state index contributed by atoms with van der Waals surface area (Å²) in [6.45, 7) is 8.39. The Hall–Kier alpha value is -1.79. The molecule has 2 aliphatic rings. The quantitative estimate of drug-likeness (QED) is 0.819. The highest BCUT2D eigenvalue weighted by Crippen LogP contribution is 2.20. The molecule has 1 aromatic rings. The van der Waals surface area contributed by atoms with Gasteiger partial charge in [0.25, 0.3) is 0 Å². The van der Waals surface area contributed by atoms with Gasteiger partial charge in [0.2, 0.25) is 0 Å². The Balaban J connectivity index is 1.40. The van der Waals surface area contributed by atoms with Crippen molar-refractivity contribution in [1.29, 1.82) is 0 Å². The van der Waals surface area contributed by atoms with E-state index in [9.17, 15) is 9.90 Å². The van der Waals surface area contributed by atoms with E-state index < -0.39 is 6.10 Å². The molecule has 3 rings (SSSR count). The number of benzene rings is 1. The first kappa shape index (κ1) is 18.0. The van der Waals surface area contributed by atoms with Crippen LogP contribution in [0.5, 0.6) is 5.75 Å². The number of aliphatic hydroxyl groups is 1. The van der Waals surface area contributed by atoms with Crippen LogP contribution in [0.2, 0.25) is 0 Å². The zero-order chi connectivity index (χ0) is 17.8. The summed E-state index contributed by atoms with van der Waals surface area (Å²) in [6, 6.07) is 6.47. The van der Waals surface area contributed by atoms with Crippen LogP contribution in [0.3, 0.4) is 0 Å². The summed E-state index contributed by atoms with van der Waals surface area (Å²) in [4.78, 5) is 16.0. The van der Waals surface area contributed by atoms with Gasteiger partial charge < -0.3 is 25.0 Å². The summed E-state index contributed by atoms with van der Waals surface area (Å²) in [5.74, 6) is 0.836. The third kappa shape index (κ3) is 4.64. The number of aryl methyl sites for hydroxylation is 2. The first-order chi connectivity index (χ1) is 12.0. The molecule has 2 aliphatic heterocycles. The summed E-state index contributed by atoms with van der Waals surface area (Å²) in [5.41, 5.74) is 2.30. The number of hydrogen-bond donors (Lipinski definition) is 2. The number of hydrogen-bond acceptors (Lipinski definition) is 4. The molecule has 0 bridgehead atoms. The molecular weight excluding hydrogens is 318 g/mol. The molecule has 1 atom stereocenters. The van der Waals surface area contributed by atoms with Gasteiger partial charge in [0.1, 0.15) is 18.5 Å². The normalized spacial score (nSPS) is 20.6. The van der Waals surface area contributed by atoms with E-state index in [-0.39, 0.29) is 6.03 Å². The highest BCUT2D eigenvalue weighted by atomic mass is 16.5. The average Bonchev–Trinajstić information content (AvgIpc) is 3.01. The first-order valence-electron chi connectivity index (χ1n) is 9.18. The van der Waals surface area contributed by atoms with Crippen molar-refractivity contribution in [3.05, 3.63) is 29.3 Å². The maximum absolute atomic E-state index is 11.7. The number of β-amino-alcohol motifs (C(OH)–C–C–N with tert-alkyl or cyclic N) is 1. The van der Waals surface area contributed by atoms with Gasteiger partial charge in [-0.25, -0.2) is 4.79 Å². The number of piperidine rings is 1. The van der Waals surface area contributed by atoms with Crippen molar-refractivity contribution >= 4 is 6.03 Å². The Morgan fingerprint density at radius 3 is 2.68 bits per heavy atom. The third-order valence-corrected chi connectivity index (χ3v) is 5.12. The van der Waals surface area contributed by atoms with Gasteiger partial charge in [0.15, 0.2) is 0 Å². The Bertz CT molecular complexity index is 600. The number of nitrogens with zero attached hydrogens (tertiary/aromatic N) is 2. The SMILES string of the molecule is Cc1ccc(OC[C@@H](O)CN2CCC(N3CCNC3=O)CC2)c(C)c1. The molecular formula is C19H29N3O3. The van der Waals surface area contributed by atoms with Crippen LogP contribution in [0.15, 0.2) is 18.2 Å². The number of carbonyl (C=O) groups is 1. The minimum atomic E-state index is -0.507. The van der Waals surface area contributed by atoms with Crippen molar-refractivity contribution in [2.45, 2.75) is 38.8 Å². The van der Waals surface area contributed by atoms with E-state index in [0.29, 0.717) is 19.2 Å². The van der Waals surface area contributed by atoms with E-state index in [1.807, 2.05) is 24.0 Å². The molecule has 25 heavy (non-hydrogen) atoms. The lowest BCUT2D eigenvalue weighted by Gasteiger charge is -2.36. The van der Waals surface area contributed by atoms with Gasteiger partial charge in [-0.3, -0.25) is 0 Å². The van der Waals surface area contributed by atoms with Crippen molar-refractivity contribution in [2.75, 3.05) is 39.3 Å². The fraction of sp³-hybridized carbons (Fsp3) is 0.632. The standard InChI is InChI=1S/C19H29N3O3/c1-14-3-4-18(15(2)11-14)25-13-17(23)12-21-8-5-16(6-9-21)22-10-7-20-19(22)24/h3-4,11,16-17,23H,5-10,12-13H2,1-2H3,(H,20,24)/t17-/m0/s1. The van der Waals surface area contributed by atoms with E-state index in [2.05, 4.69) is 23.2 Å². The van der Waals surface area contributed by atoms with Crippen molar-refractivity contribution in [3.8, 4) is 5.75 Å². The van der Waals surface area contributed by atoms with Crippen LogP contribution >= 0.6 is 0 Å². The predicted molar refractivity (Wildman–Crippen MR) is 97.0 cm³/mol. The minimum absolute atomic E-state index is 0.0698. The molecule has 0 spiro atoms. The second kappa shape index (κ2) is 8.06. The summed E-state index contributed by atoms with van der Waals surface area (Å²) < 4.78 is 5.77. The molecule has 2 fully saturated rings. The lowest BCUT2D eigenvalue weighted by molar-refractivity contribution is 0.0507. The Kier molecular flexibility index (Phi) is 5.81. The number of rotatable bonds is 6. The van der Waals surface area contributed by atoms with Crippen molar-refractivity contribution in [2.24, 2.45) is 0 Å². The van der Waals surface area contributed by atoms with Crippen molar-refractivity contribution in [1.82, 2.24) is 15.1 Å². The summed E-state index contributed by atoms with van der Waals surface area (Å²) in [6.07, 6.45) is 1.43. The van der Waals surface area contributed by atoms with Gasteiger partial charge in [0, 0.05) is 38.8 Å². The van der Waals surface area contributed by atoms with Gasteiger partial charge in [-0.2, -0.15) is 0 Å². The van der Waals surface area contributed by atoms with Gasteiger partial charge >= 0.3 is 6.03 Å². The van der Waals surface area contributed by atoms with Crippen molar-refractivity contribution < 1.29 is 14.6 Å². The predicted octanol–water partition coefficient (Wildman–Crippen LogP) is 1.53. The second-order valence-electron chi connectivity index (χ2n) is 7.19. The topological polar surface area (TPSA) is 65.0 Å². The van der Waals surface area contributed by atoms with E-state index in [0.717, 1.165) is 50.3 Å². The van der Waals surface area contributed by atoms with E-state index >= 15 is 0 Å². The van der Waals surface area contributed by atoms with E-state index in [1.54, 1.807) is 0 Å². The van der Waals surface area contributed by atoms with Crippen LogP contribution in [0.4, 0.5) is 4.79 Å². The first-order valence-corrected chi connectivity index (χ1v) is 9.18. The van der Waals surface area contributed by atoms with Gasteiger partial charge in [0.05, 0.1) is 0 Å². The molecule has 0 aromatic heterocycles. The summed E-state index contributed by atoms with van der Waals surface area (Å²) >= 11 is 0. The molecule has 0 unspecified atom stereocenters. The fourth-order valence-electron chi connectivity index (χ4n) is 3.75. The second-order valence-corrected chi connectivity index (χ2v) is 7.19. The van der Waals surface area contributed by atoms with E-state index in [4.69, 9.17) is 4.74 Å². The molecule has 138 valence electrons. The zero-order valence-corrected chi connectivity index (χ0v) is 15.2. The van der Waals surface area contributed by atoms with Crippen molar-refractivity contribution in [3.63, 3.8) is 0 Å². The number of amides is 2. The molecule has 2 amide bonds. The van der Waals surface area contributed by atoms with E-state index in [1.165, 1.54) is 5.56 Å². The molecule has 0 radical (unpaired) electrons. The molecule has 1 aromatic carbocycles. The smallest absolute Gasteiger partial charge is 0.317 e. The number of likely N-dealkylation sites (tertiary alicyclic amines) is 1. The maximum atomic E-state index is 11.7. The number of carbonyl (C=O) groups excluding carboxylic acids is 1. The molecule has 2 heterocycles. The van der Waals surface area contributed by atoms with Gasteiger partial charge in [-0.05, 0) is 38.3 Å². The average molecular weight is 347 g/mol. The third-order valence-electron chi connectivity index (χ3n) is 5.12. The van der Waals surface area contributed by atoms with Crippen LogP contribution in [-0.4, -0.2) is 72.4 Å². The van der Waals surface area contributed by atoms with Crippen LogP contribution in [0.25, 0.3) is 0 Å². The molecule has 6 heteroatoms. The van der Waals surface area contributed by atoms with Gasteiger partial charge in [-0.1, -0.05) is 17.7 Å². The van der Waals surface area contributed by atoms with Gasteiger partial charge in [-0.15, -0.1) is 0 Å². The minimum Gasteiger partial charge on any atom is -0.491 e. The molecule has 0 aliphatic carbocycles. The maximum Gasteiger partial charge on any atom is 0.317 e. The Morgan fingerprint density at radius 2 is 2.04 bits per heavy atom. The Labute approximate surface area is 149 Å². The Morgan fingerprint density at radius 1 is 1.28 bits per heavy atom. The highest BCUT2D eigenvalue weighted by Gasteiger charge is 2.31. The molecule has 2 saturated heterocycles. The largest absolute Gasteiger partial charge is 0.491 e. The summed E-state index contributed by atoms with van der Waals surface area (Å²) in [7, 11) is 0. The lowest BCUT2D eigenvalue weighted by atomic mass is 10.0. The number of urea groups is 1. The van der Waals surface area contributed by atoms with Crippen LogP contribution in [-0.2, 0) is 0 Å². The number of ether oxygens (including phenoxy) is 1. The van der Waals surface area contributed by atoms with Crippen LogP contribution < -0.4 is 10.1 Å². The molecule has 2 N–H and O–H groups in total. The zero-order valence-electron chi connectivity index (χ0n) is 15.2. The molecule has 6 nitrogen and oxygen atoms in total. The lowest BCUT2D eigenvalue weighted by Crippen LogP contribution is -2.48. The highest BCUT2D eigenvalue weighted by molar-refractivity contribution is 5.76. The summed E-state index contributed by atoms with van der Waals surface area (Å²) in [5, 5.41) is 13.2. The fourth-order valence-corrected chi connectivity index (χ4v) is 3.75. The number of nitrogens with one attached hydrogen (secondary N) is 1. The monoisotopic (exact) mass is 347 g/mol. The number of aliphatic hydroxyl groups excluding tert-OH is 1.